The Morgan fingerprint density at radius 2 is 1.95 bits per heavy atom. The highest BCUT2D eigenvalue weighted by Gasteiger charge is 2.17. The minimum Gasteiger partial charge on any atom is -0.360 e. The van der Waals surface area contributed by atoms with E-state index in [4.69, 9.17) is 11.6 Å². The Morgan fingerprint density at radius 3 is 2.70 bits per heavy atom. The Bertz CT molecular complexity index is 822. The molecule has 0 saturated carbocycles. The molecule has 3 rings (SSSR count). The van der Waals surface area contributed by atoms with Gasteiger partial charge >= 0.3 is 0 Å². The number of carbonyl (C=O) groups excluding carboxylic acids is 1. The number of halogens is 2. The summed E-state index contributed by atoms with van der Waals surface area (Å²) in [7, 11) is 0. The fourth-order valence-electron chi connectivity index (χ4n) is 2.24. The van der Waals surface area contributed by atoms with Gasteiger partial charge in [-0.15, -0.1) is 0 Å². The lowest BCUT2D eigenvalue weighted by atomic mass is 10.0. The van der Waals surface area contributed by atoms with Crippen LogP contribution in [0.5, 0.6) is 0 Å². The van der Waals surface area contributed by atoms with Crippen LogP contribution in [0.1, 0.15) is 21.5 Å². The molecule has 1 N–H and O–H groups in total. The lowest BCUT2D eigenvalue weighted by Crippen LogP contribution is -2.01. The summed E-state index contributed by atoms with van der Waals surface area (Å²) in [4.78, 5) is 15.4. The van der Waals surface area contributed by atoms with Gasteiger partial charge in [-0.05, 0) is 42.8 Å². The van der Waals surface area contributed by atoms with Crippen LogP contribution in [-0.2, 0) is 0 Å². The number of hydrogen-bond donors (Lipinski definition) is 1. The molecule has 0 aliphatic heterocycles. The number of ketones is 1. The van der Waals surface area contributed by atoms with Crippen LogP contribution in [0.3, 0.4) is 0 Å². The van der Waals surface area contributed by atoms with Gasteiger partial charge in [-0.1, -0.05) is 17.7 Å². The van der Waals surface area contributed by atoms with E-state index in [2.05, 4.69) is 4.98 Å². The number of carbonyl (C=O) groups is 1. The molecule has 0 fully saturated rings. The van der Waals surface area contributed by atoms with E-state index in [-0.39, 0.29) is 11.6 Å². The van der Waals surface area contributed by atoms with Gasteiger partial charge in [-0.25, -0.2) is 4.39 Å². The topological polar surface area (TPSA) is 32.9 Å². The summed E-state index contributed by atoms with van der Waals surface area (Å²) in [5.41, 5.74) is 2.53. The summed E-state index contributed by atoms with van der Waals surface area (Å²) in [6.07, 6.45) is 1.59. The van der Waals surface area contributed by atoms with Gasteiger partial charge in [-0.3, -0.25) is 4.79 Å². The van der Waals surface area contributed by atoms with E-state index in [0.717, 1.165) is 5.56 Å². The smallest absolute Gasteiger partial charge is 0.196 e. The Morgan fingerprint density at radius 1 is 1.15 bits per heavy atom. The van der Waals surface area contributed by atoms with Crippen molar-refractivity contribution in [2.24, 2.45) is 0 Å². The summed E-state index contributed by atoms with van der Waals surface area (Å²) in [5, 5.41) is 1.11. The van der Waals surface area contributed by atoms with Crippen molar-refractivity contribution in [3.05, 3.63) is 70.1 Å². The van der Waals surface area contributed by atoms with Gasteiger partial charge in [0.15, 0.2) is 5.78 Å². The number of aromatic amines is 1. The van der Waals surface area contributed by atoms with Gasteiger partial charge < -0.3 is 4.98 Å². The highest BCUT2D eigenvalue weighted by atomic mass is 35.5. The maximum Gasteiger partial charge on any atom is 0.196 e. The third-order valence-corrected chi connectivity index (χ3v) is 3.57. The summed E-state index contributed by atoms with van der Waals surface area (Å²) >= 11 is 6.13. The first-order chi connectivity index (χ1) is 9.56. The van der Waals surface area contributed by atoms with Crippen molar-refractivity contribution in [1.82, 2.24) is 4.98 Å². The molecule has 0 bridgehead atoms. The van der Waals surface area contributed by atoms with E-state index < -0.39 is 0 Å². The molecule has 0 atom stereocenters. The number of aromatic nitrogens is 1. The molecule has 0 radical (unpaired) electrons. The van der Waals surface area contributed by atoms with Crippen LogP contribution in [0.25, 0.3) is 10.9 Å². The van der Waals surface area contributed by atoms with Crippen molar-refractivity contribution in [1.29, 1.82) is 0 Å². The van der Waals surface area contributed by atoms with E-state index >= 15 is 0 Å². The molecule has 3 aromatic rings. The molecule has 100 valence electrons. The molecule has 2 aromatic carbocycles. The van der Waals surface area contributed by atoms with Crippen LogP contribution in [0.4, 0.5) is 4.39 Å². The zero-order valence-electron chi connectivity index (χ0n) is 10.7. The van der Waals surface area contributed by atoms with E-state index in [1.54, 1.807) is 24.4 Å². The third kappa shape index (κ3) is 2.10. The Hall–Kier alpha value is -2.13. The Kier molecular flexibility index (Phi) is 3.07. The number of hydrogen-bond acceptors (Lipinski definition) is 1. The van der Waals surface area contributed by atoms with Gasteiger partial charge in [0, 0.05) is 28.2 Å². The fourth-order valence-corrected chi connectivity index (χ4v) is 2.56. The number of fused-ring (bicyclic) bond motifs is 1. The molecule has 4 heteroatoms. The zero-order valence-corrected chi connectivity index (χ0v) is 11.5. The van der Waals surface area contributed by atoms with Gasteiger partial charge in [0.05, 0.1) is 5.02 Å². The second kappa shape index (κ2) is 4.76. The highest BCUT2D eigenvalue weighted by molar-refractivity contribution is 6.35. The Labute approximate surface area is 120 Å². The second-order valence-electron chi connectivity index (χ2n) is 4.70. The molecule has 1 heterocycles. The molecular formula is C16H11ClFNO. The maximum absolute atomic E-state index is 13.2. The Balaban J connectivity index is 2.13. The fraction of sp³-hybridized carbons (Fsp3) is 0.0625. The minimum atomic E-state index is -0.341. The average Bonchev–Trinajstić information content (AvgIpc) is 2.80. The quantitative estimate of drug-likeness (QED) is 0.692. The molecule has 0 amide bonds. The predicted molar refractivity (Wildman–Crippen MR) is 77.9 cm³/mol. The number of H-pyrrole nitrogens is 1. The summed E-state index contributed by atoms with van der Waals surface area (Å²) in [6.45, 7) is 1.91. The van der Waals surface area contributed by atoms with Gasteiger partial charge in [0.25, 0.3) is 0 Å². The van der Waals surface area contributed by atoms with Gasteiger partial charge in [-0.2, -0.15) is 0 Å². The van der Waals surface area contributed by atoms with Gasteiger partial charge in [0.2, 0.25) is 0 Å². The standard InChI is InChI=1S/C16H11ClFNO/c1-9-2-4-12(14(17)6-9)16(20)13-8-19-15-7-10(18)3-5-11(13)15/h2-8,19H,1H3. The van der Waals surface area contributed by atoms with Crippen LogP contribution >= 0.6 is 11.6 Å². The molecule has 1 aromatic heterocycles. The van der Waals surface area contributed by atoms with Crippen molar-refractivity contribution < 1.29 is 9.18 Å². The average molecular weight is 288 g/mol. The number of aryl methyl sites for hydroxylation is 1. The monoisotopic (exact) mass is 287 g/mol. The van der Waals surface area contributed by atoms with Crippen molar-refractivity contribution in [3.63, 3.8) is 0 Å². The molecule has 0 spiro atoms. The van der Waals surface area contributed by atoms with Crippen LogP contribution in [0.15, 0.2) is 42.6 Å². The first-order valence-corrected chi connectivity index (χ1v) is 6.51. The molecule has 0 aliphatic rings. The second-order valence-corrected chi connectivity index (χ2v) is 5.11. The van der Waals surface area contributed by atoms with Crippen LogP contribution < -0.4 is 0 Å². The minimum absolute atomic E-state index is 0.173. The first-order valence-electron chi connectivity index (χ1n) is 6.14. The molecule has 2 nitrogen and oxygen atoms in total. The highest BCUT2D eigenvalue weighted by Crippen LogP contribution is 2.25. The van der Waals surface area contributed by atoms with Crippen LogP contribution in [-0.4, -0.2) is 10.8 Å². The van der Waals surface area contributed by atoms with E-state index in [1.807, 2.05) is 13.0 Å². The van der Waals surface area contributed by atoms with E-state index in [1.165, 1.54) is 12.1 Å². The lowest BCUT2D eigenvalue weighted by Gasteiger charge is -2.04. The van der Waals surface area contributed by atoms with E-state index in [0.29, 0.717) is 27.1 Å². The first kappa shape index (κ1) is 12.9. The molecule has 0 unspecified atom stereocenters. The third-order valence-electron chi connectivity index (χ3n) is 3.26. The van der Waals surface area contributed by atoms with Crippen molar-refractivity contribution in [2.45, 2.75) is 6.92 Å². The largest absolute Gasteiger partial charge is 0.360 e. The number of nitrogens with one attached hydrogen (secondary N) is 1. The SMILES string of the molecule is Cc1ccc(C(=O)c2c[nH]c3cc(F)ccc23)c(Cl)c1. The van der Waals surface area contributed by atoms with E-state index in [9.17, 15) is 9.18 Å². The summed E-state index contributed by atoms with van der Waals surface area (Å²) in [6, 6.07) is 9.60. The maximum atomic E-state index is 13.2. The molecule has 0 aliphatic carbocycles. The zero-order chi connectivity index (χ0) is 14.3. The number of rotatable bonds is 2. The summed E-state index contributed by atoms with van der Waals surface area (Å²) < 4.78 is 13.2. The molecule has 20 heavy (non-hydrogen) atoms. The lowest BCUT2D eigenvalue weighted by molar-refractivity contribution is 0.104. The normalized spacial score (nSPS) is 10.9. The van der Waals surface area contributed by atoms with Crippen LogP contribution in [0.2, 0.25) is 5.02 Å². The predicted octanol–water partition coefficient (Wildman–Crippen LogP) is 4.50. The number of benzene rings is 2. The van der Waals surface area contributed by atoms with Crippen molar-refractivity contribution >= 4 is 28.3 Å². The molecular weight excluding hydrogens is 277 g/mol. The van der Waals surface area contributed by atoms with Gasteiger partial charge in [0.1, 0.15) is 5.82 Å². The van der Waals surface area contributed by atoms with Crippen molar-refractivity contribution in [2.75, 3.05) is 0 Å². The van der Waals surface area contributed by atoms with Crippen LogP contribution in [0, 0.1) is 12.7 Å². The van der Waals surface area contributed by atoms with Crippen molar-refractivity contribution in [3.8, 4) is 0 Å². The summed E-state index contributed by atoms with van der Waals surface area (Å²) in [5.74, 6) is -0.514. The molecule has 0 saturated heterocycles.